The summed E-state index contributed by atoms with van der Waals surface area (Å²) in [5.41, 5.74) is 7.57. The Morgan fingerprint density at radius 3 is 2.65 bits per heavy atom. The SMILES string of the molecule is Cc1nc2ccc(-c3ccc4c(c3)CN(C(=O)c3ccc(C)c(F)c3)CCC4)cc2[nH]1. The van der Waals surface area contributed by atoms with Crippen LogP contribution in [-0.4, -0.2) is 27.3 Å². The Hall–Kier alpha value is -3.47. The summed E-state index contributed by atoms with van der Waals surface area (Å²) in [6.45, 7) is 4.85. The summed E-state index contributed by atoms with van der Waals surface area (Å²) >= 11 is 0. The summed E-state index contributed by atoms with van der Waals surface area (Å²) in [6.07, 6.45) is 1.83. The number of fused-ring (bicyclic) bond motifs is 2. The second kappa shape index (κ2) is 7.65. The minimum absolute atomic E-state index is 0.119. The third kappa shape index (κ3) is 3.72. The molecule has 0 atom stereocenters. The molecular weight excluding hydrogens is 389 g/mol. The van der Waals surface area contributed by atoms with Crippen molar-refractivity contribution >= 4 is 16.9 Å². The van der Waals surface area contributed by atoms with Gasteiger partial charge in [0, 0.05) is 18.7 Å². The van der Waals surface area contributed by atoms with E-state index in [0.717, 1.165) is 46.4 Å². The molecule has 31 heavy (non-hydrogen) atoms. The van der Waals surface area contributed by atoms with E-state index >= 15 is 0 Å². The Balaban J connectivity index is 1.46. The molecule has 0 saturated carbocycles. The molecule has 0 radical (unpaired) electrons. The average molecular weight is 413 g/mol. The number of carbonyl (C=O) groups excluding carboxylic acids is 1. The van der Waals surface area contributed by atoms with Gasteiger partial charge in [-0.3, -0.25) is 4.79 Å². The monoisotopic (exact) mass is 413 g/mol. The molecule has 0 aliphatic carbocycles. The number of rotatable bonds is 2. The van der Waals surface area contributed by atoms with Gasteiger partial charge in [0.15, 0.2) is 0 Å². The summed E-state index contributed by atoms with van der Waals surface area (Å²) in [6, 6.07) is 17.5. The minimum Gasteiger partial charge on any atom is -0.342 e. The number of aromatic amines is 1. The normalized spacial score (nSPS) is 13.8. The molecule has 156 valence electrons. The molecule has 2 heterocycles. The number of benzene rings is 3. The highest BCUT2D eigenvalue weighted by Crippen LogP contribution is 2.28. The number of hydrogen-bond donors (Lipinski definition) is 1. The fourth-order valence-corrected chi connectivity index (χ4v) is 4.34. The first-order chi connectivity index (χ1) is 15.0. The van der Waals surface area contributed by atoms with E-state index in [2.05, 4.69) is 40.3 Å². The number of H-pyrrole nitrogens is 1. The maximum Gasteiger partial charge on any atom is 0.254 e. The van der Waals surface area contributed by atoms with Gasteiger partial charge in [0.1, 0.15) is 11.6 Å². The molecule has 0 unspecified atom stereocenters. The van der Waals surface area contributed by atoms with Crippen LogP contribution in [0.15, 0.2) is 54.6 Å². The summed E-state index contributed by atoms with van der Waals surface area (Å²) < 4.78 is 14.0. The Bertz CT molecular complexity index is 1310. The van der Waals surface area contributed by atoms with Crippen LogP contribution in [0.1, 0.15) is 39.3 Å². The molecule has 0 bridgehead atoms. The molecule has 5 rings (SSSR count). The topological polar surface area (TPSA) is 49.0 Å². The van der Waals surface area contributed by atoms with E-state index in [1.165, 1.54) is 11.6 Å². The van der Waals surface area contributed by atoms with Crippen LogP contribution in [0.4, 0.5) is 4.39 Å². The summed E-state index contributed by atoms with van der Waals surface area (Å²) in [5, 5.41) is 0. The molecule has 1 aliphatic rings. The van der Waals surface area contributed by atoms with Gasteiger partial charge in [-0.05, 0) is 84.8 Å². The lowest BCUT2D eigenvalue weighted by molar-refractivity contribution is 0.0745. The summed E-state index contributed by atoms with van der Waals surface area (Å²) in [5.74, 6) is 0.440. The highest BCUT2D eigenvalue weighted by atomic mass is 19.1. The first kappa shape index (κ1) is 19.5. The highest BCUT2D eigenvalue weighted by Gasteiger charge is 2.21. The number of aromatic nitrogens is 2. The van der Waals surface area contributed by atoms with Crippen molar-refractivity contribution in [2.24, 2.45) is 0 Å². The van der Waals surface area contributed by atoms with Crippen molar-refractivity contribution < 1.29 is 9.18 Å². The average Bonchev–Trinajstić information content (AvgIpc) is 3.00. The molecule has 1 N–H and O–H groups in total. The third-order valence-corrected chi connectivity index (χ3v) is 6.08. The van der Waals surface area contributed by atoms with Gasteiger partial charge in [-0.25, -0.2) is 9.37 Å². The van der Waals surface area contributed by atoms with E-state index in [4.69, 9.17) is 0 Å². The fraction of sp³-hybridized carbons (Fsp3) is 0.231. The molecule has 0 fully saturated rings. The van der Waals surface area contributed by atoms with Crippen molar-refractivity contribution in [1.29, 1.82) is 0 Å². The van der Waals surface area contributed by atoms with Gasteiger partial charge in [0.2, 0.25) is 0 Å². The second-order valence-electron chi connectivity index (χ2n) is 8.33. The number of amides is 1. The largest absolute Gasteiger partial charge is 0.342 e. The second-order valence-corrected chi connectivity index (χ2v) is 8.33. The van der Waals surface area contributed by atoms with E-state index in [0.29, 0.717) is 24.2 Å². The van der Waals surface area contributed by atoms with Crippen LogP contribution in [-0.2, 0) is 13.0 Å². The number of aryl methyl sites for hydroxylation is 3. The molecule has 0 spiro atoms. The van der Waals surface area contributed by atoms with Gasteiger partial charge >= 0.3 is 0 Å². The lowest BCUT2D eigenvalue weighted by Gasteiger charge is -2.21. The Morgan fingerprint density at radius 2 is 1.81 bits per heavy atom. The summed E-state index contributed by atoms with van der Waals surface area (Å²) in [7, 11) is 0. The molecule has 1 amide bonds. The Labute approximate surface area is 180 Å². The van der Waals surface area contributed by atoms with Crippen molar-refractivity contribution in [3.05, 3.63) is 88.5 Å². The highest BCUT2D eigenvalue weighted by molar-refractivity contribution is 5.94. The van der Waals surface area contributed by atoms with Crippen molar-refractivity contribution in [1.82, 2.24) is 14.9 Å². The molecular formula is C26H24FN3O. The van der Waals surface area contributed by atoms with Crippen LogP contribution < -0.4 is 0 Å². The zero-order chi connectivity index (χ0) is 21.5. The predicted molar refractivity (Wildman–Crippen MR) is 120 cm³/mol. The molecule has 3 aromatic carbocycles. The molecule has 1 aliphatic heterocycles. The Kier molecular flexibility index (Phi) is 4.81. The van der Waals surface area contributed by atoms with Gasteiger partial charge in [-0.15, -0.1) is 0 Å². The standard InChI is InChI=1S/C26H24FN3O/c1-16-5-6-21(13-23(16)27)26(31)30-11-3-4-18-7-8-19(12-22(18)15-30)20-9-10-24-25(14-20)29-17(2)28-24/h5-10,12-14H,3-4,11,15H2,1-2H3,(H,28,29). The van der Waals surface area contributed by atoms with E-state index in [9.17, 15) is 9.18 Å². The van der Waals surface area contributed by atoms with Gasteiger partial charge in [-0.1, -0.05) is 24.3 Å². The van der Waals surface area contributed by atoms with Gasteiger partial charge < -0.3 is 9.88 Å². The zero-order valence-electron chi connectivity index (χ0n) is 17.7. The van der Waals surface area contributed by atoms with Crippen molar-refractivity contribution in [2.75, 3.05) is 6.54 Å². The number of nitrogens with zero attached hydrogens (tertiary/aromatic N) is 2. The molecule has 4 aromatic rings. The number of hydrogen-bond acceptors (Lipinski definition) is 2. The van der Waals surface area contributed by atoms with E-state index in [1.54, 1.807) is 19.1 Å². The van der Waals surface area contributed by atoms with Crippen molar-refractivity contribution in [3.8, 4) is 11.1 Å². The van der Waals surface area contributed by atoms with Crippen LogP contribution in [0, 0.1) is 19.7 Å². The molecule has 5 heteroatoms. The number of carbonyl (C=O) groups is 1. The quantitative estimate of drug-likeness (QED) is 0.467. The van der Waals surface area contributed by atoms with Gasteiger partial charge in [0.05, 0.1) is 11.0 Å². The Morgan fingerprint density at radius 1 is 1.00 bits per heavy atom. The minimum atomic E-state index is -0.340. The van der Waals surface area contributed by atoms with Crippen molar-refractivity contribution in [2.45, 2.75) is 33.2 Å². The first-order valence-electron chi connectivity index (χ1n) is 10.6. The maximum absolute atomic E-state index is 14.0. The van der Waals surface area contributed by atoms with Crippen LogP contribution in [0.5, 0.6) is 0 Å². The maximum atomic E-state index is 14.0. The fourth-order valence-electron chi connectivity index (χ4n) is 4.34. The van der Waals surface area contributed by atoms with Crippen LogP contribution in [0.2, 0.25) is 0 Å². The van der Waals surface area contributed by atoms with Gasteiger partial charge in [0.25, 0.3) is 5.91 Å². The van der Waals surface area contributed by atoms with E-state index in [-0.39, 0.29) is 11.7 Å². The molecule has 4 nitrogen and oxygen atoms in total. The third-order valence-electron chi connectivity index (χ3n) is 6.08. The predicted octanol–water partition coefficient (Wildman–Crippen LogP) is 5.57. The van der Waals surface area contributed by atoms with Crippen LogP contribution >= 0.6 is 0 Å². The number of nitrogens with one attached hydrogen (secondary N) is 1. The van der Waals surface area contributed by atoms with Crippen molar-refractivity contribution in [3.63, 3.8) is 0 Å². The lowest BCUT2D eigenvalue weighted by atomic mass is 9.97. The van der Waals surface area contributed by atoms with Crippen LogP contribution in [0.3, 0.4) is 0 Å². The van der Waals surface area contributed by atoms with E-state index < -0.39 is 0 Å². The smallest absolute Gasteiger partial charge is 0.254 e. The first-order valence-corrected chi connectivity index (χ1v) is 10.6. The molecule has 0 saturated heterocycles. The molecule has 1 aromatic heterocycles. The van der Waals surface area contributed by atoms with E-state index in [1.807, 2.05) is 17.9 Å². The number of imidazole rings is 1. The van der Waals surface area contributed by atoms with Crippen LogP contribution in [0.25, 0.3) is 22.2 Å². The lowest BCUT2D eigenvalue weighted by Crippen LogP contribution is -2.30. The number of halogens is 1. The summed E-state index contributed by atoms with van der Waals surface area (Å²) in [4.78, 5) is 22.7. The van der Waals surface area contributed by atoms with Gasteiger partial charge in [-0.2, -0.15) is 0 Å². The zero-order valence-corrected chi connectivity index (χ0v) is 17.7.